The van der Waals surface area contributed by atoms with Crippen molar-refractivity contribution < 1.29 is 5.11 Å². The van der Waals surface area contributed by atoms with Crippen molar-refractivity contribution in [3.8, 4) is 5.75 Å². The van der Waals surface area contributed by atoms with Crippen LogP contribution in [0, 0.1) is 6.92 Å². The normalized spacial score (nSPS) is 12.2. The highest BCUT2D eigenvalue weighted by molar-refractivity contribution is 5.46. The van der Waals surface area contributed by atoms with Crippen LogP contribution in [-0.2, 0) is 12.0 Å². The van der Waals surface area contributed by atoms with E-state index in [2.05, 4.69) is 44.7 Å². The quantitative estimate of drug-likeness (QED) is 0.829. The molecule has 2 nitrogen and oxygen atoms in total. The molecule has 0 aromatic heterocycles. The molecular weight excluding hydrogens is 198 g/mol. The molecule has 0 amide bonds. The minimum absolute atomic E-state index is 0.0167. The predicted molar refractivity (Wildman–Crippen MR) is 68.9 cm³/mol. The fraction of sp³-hybridized carbons (Fsp3) is 0.571. The molecule has 0 heterocycles. The summed E-state index contributed by atoms with van der Waals surface area (Å²) in [6.45, 7) is 9.23. The van der Waals surface area contributed by atoms with Crippen LogP contribution in [0.5, 0.6) is 5.75 Å². The van der Waals surface area contributed by atoms with Crippen LogP contribution in [0.3, 0.4) is 0 Å². The highest BCUT2D eigenvalue weighted by Gasteiger charge is 2.20. The lowest BCUT2D eigenvalue weighted by Crippen LogP contribution is -2.15. The van der Waals surface area contributed by atoms with Gasteiger partial charge in [0.1, 0.15) is 5.75 Å². The Morgan fingerprint density at radius 1 is 1.19 bits per heavy atom. The van der Waals surface area contributed by atoms with Crippen molar-refractivity contribution in [1.29, 1.82) is 0 Å². The van der Waals surface area contributed by atoms with Gasteiger partial charge in [-0.2, -0.15) is 0 Å². The van der Waals surface area contributed by atoms with Crippen LogP contribution in [0.1, 0.15) is 37.5 Å². The fourth-order valence-corrected chi connectivity index (χ4v) is 1.89. The molecule has 0 aliphatic heterocycles. The highest BCUT2D eigenvalue weighted by Crippen LogP contribution is 2.34. The van der Waals surface area contributed by atoms with Crippen LogP contribution in [0.4, 0.5) is 0 Å². The van der Waals surface area contributed by atoms with Crippen LogP contribution in [0.25, 0.3) is 0 Å². The molecule has 0 saturated carbocycles. The number of rotatable bonds is 2. The molecule has 0 atom stereocenters. The van der Waals surface area contributed by atoms with Gasteiger partial charge in [0.05, 0.1) is 0 Å². The average Bonchev–Trinajstić information content (AvgIpc) is 2.07. The van der Waals surface area contributed by atoms with Crippen LogP contribution in [0.2, 0.25) is 0 Å². The largest absolute Gasteiger partial charge is 0.507 e. The molecule has 0 spiro atoms. The molecule has 0 bridgehead atoms. The molecule has 0 radical (unpaired) electrons. The maximum absolute atomic E-state index is 10.3. The van der Waals surface area contributed by atoms with E-state index in [1.54, 1.807) is 0 Å². The van der Waals surface area contributed by atoms with Crippen LogP contribution in [0.15, 0.2) is 12.1 Å². The number of phenols is 1. The van der Waals surface area contributed by atoms with E-state index in [0.29, 0.717) is 5.75 Å². The fourth-order valence-electron chi connectivity index (χ4n) is 1.89. The zero-order chi connectivity index (χ0) is 12.5. The molecule has 1 aromatic carbocycles. The lowest BCUT2D eigenvalue weighted by Gasteiger charge is -2.23. The van der Waals surface area contributed by atoms with Crippen molar-refractivity contribution in [3.05, 3.63) is 28.8 Å². The number of aryl methyl sites for hydroxylation is 1. The van der Waals surface area contributed by atoms with E-state index in [0.717, 1.165) is 17.7 Å². The van der Waals surface area contributed by atoms with E-state index in [4.69, 9.17) is 0 Å². The van der Waals surface area contributed by atoms with Gasteiger partial charge in [0.2, 0.25) is 0 Å². The smallest absolute Gasteiger partial charge is 0.123 e. The van der Waals surface area contributed by atoms with Gasteiger partial charge in [0.25, 0.3) is 0 Å². The van der Waals surface area contributed by atoms with Crippen molar-refractivity contribution in [1.82, 2.24) is 4.90 Å². The summed E-state index contributed by atoms with van der Waals surface area (Å²) < 4.78 is 0. The summed E-state index contributed by atoms with van der Waals surface area (Å²) in [7, 11) is 4.02. The Labute approximate surface area is 98.9 Å². The number of aromatic hydroxyl groups is 1. The van der Waals surface area contributed by atoms with Crippen molar-refractivity contribution in [3.63, 3.8) is 0 Å². The Hall–Kier alpha value is -1.02. The Morgan fingerprint density at radius 3 is 2.19 bits per heavy atom. The number of nitrogens with zero attached hydrogens (tertiary/aromatic N) is 1. The monoisotopic (exact) mass is 221 g/mol. The maximum atomic E-state index is 10.3. The molecule has 16 heavy (non-hydrogen) atoms. The lowest BCUT2D eigenvalue weighted by molar-refractivity contribution is 0.380. The summed E-state index contributed by atoms with van der Waals surface area (Å²) >= 11 is 0. The van der Waals surface area contributed by atoms with Gasteiger partial charge in [-0.25, -0.2) is 0 Å². The van der Waals surface area contributed by atoms with Crippen LogP contribution >= 0.6 is 0 Å². The van der Waals surface area contributed by atoms with Gasteiger partial charge in [0.15, 0.2) is 0 Å². The van der Waals surface area contributed by atoms with Crippen molar-refractivity contribution in [2.24, 2.45) is 0 Å². The molecule has 0 fully saturated rings. The summed E-state index contributed by atoms with van der Waals surface area (Å²) in [5.41, 5.74) is 3.23. The van der Waals surface area contributed by atoms with Crippen molar-refractivity contribution >= 4 is 0 Å². The van der Waals surface area contributed by atoms with Crippen molar-refractivity contribution in [2.75, 3.05) is 14.1 Å². The predicted octanol–water partition coefficient (Wildman–Crippen LogP) is 3.06. The van der Waals surface area contributed by atoms with Gasteiger partial charge in [-0.3, -0.25) is 0 Å². The number of hydrogen-bond acceptors (Lipinski definition) is 2. The van der Waals surface area contributed by atoms with Crippen molar-refractivity contribution in [2.45, 2.75) is 39.7 Å². The first-order valence-corrected chi connectivity index (χ1v) is 5.69. The third-order valence-electron chi connectivity index (χ3n) is 2.63. The number of benzene rings is 1. The van der Waals surface area contributed by atoms with E-state index < -0.39 is 0 Å². The molecule has 0 saturated heterocycles. The summed E-state index contributed by atoms with van der Waals surface area (Å²) in [6, 6.07) is 4.14. The third kappa shape index (κ3) is 2.99. The Balaban J connectivity index is 3.26. The molecule has 90 valence electrons. The Morgan fingerprint density at radius 2 is 1.75 bits per heavy atom. The first-order chi connectivity index (χ1) is 7.21. The second-order valence-corrected chi connectivity index (χ2v) is 5.81. The Bertz CT molecular complexity index is 375. The van der Waals surface area contributed by atoms with Gasteiger partial charge >= 0.3 is 0 Å². The third-order valence-corrected chi connectivity index (χ3v) is 2.63. The topological polar surface area (TPSA) is 23.5 Å². The molecule has 2 heteroatoms. The van der Waals surface area contributed by atoms with Gasteiger partial charge < -0.3 is 10.0 Å². The van der Waals surface area contributed by atoms with Crippen LogP contribution in [-0.4, -0.2) is 24.1 Å². The second kappa shape index (κ2) is 4.46. The zero-order valence-corrected chi connectivity index (χ0v) is 11.3. The second-order valence-electron chi connectivity index (χ2n) is 5.81. The van der Waals surface area contributed by atoms with E-state index in [1.807, 2.05) is 14.1 Å². The molecule has 0 aliphatic rings. The first kappa shape index (κ1) is 13.0. The van der Waals surface area contributed by atoms with Gasteiger partial charge in [0, 0.05) is 12.1 Å². The average molecular weight is 221 g/mol. The SMILES string of the molecule is Cc1cc(CN(C)C)c(O)c(C(C)(C)C)c1. The van der Waals surface area contributed by atoms with E-state index in [1.165, 1.54) is 5.56 Å². The van der Waals surface area contributed by atoms with Gasteiger partial charge in [-0.05, 0) is 32.0 Å². The highest BCUT2D eigenvalue weighted by atomic mass is 16.3. The lowest BCUT2D eigenvalue weighted by atomic mass is 9.84. The Kier molecular flexibility index (Phi) is 3.64. The van der Waals surface area contributed by atoms with Crippen LogP contribution < -0.4 is 0 Å². The number of hydrogen-bond donors (Lipinski definition) is 1. The first-order valence-electron chi connectivity index (χ1n) is 5.69. The standard InChI is InChI=1S/C14H23NO/c1-10-7-11(9-15(5)6)13(16)12(8-10)14(2,3)4/h7-8,16H,9H2,1-6H3. The molecule has 0 aliphatic carbocycles. The molecule has 1 rings (SSSR count). The summed E-state index contributed by atoms with van der Waals surface area (Å²) in [6.07, 6.45) is 0. The van der Waals surface area contributed by atoms with E-state index >= 15 is 0 Å². The minimum atomic E-state index is -0.0167. The number of phenolic OH excluding ortho intramolecular Hbond substituents is 1. The van der Waals surface area contributed by atoms with Gasteiger partial charge in [-0.1, -0.05) is 38.5 Å². The summed E-state index contributed by atoms with van der Waals surface area (Å²) in [4.78, 5) is 2.07. The summed E-state index contributed by atoms with van der Waals surface area (Å²) in [5.74, 6) is 0.451. The van der Waals surface area contributed by atoms with E-state index in [9.17, 15) is 5.11 Å². The zero-order valence-electron chi connectivity index (χ0n) is 11.3. The maximum Gasteiger partial charge on any atom is 0.123 e. The van der Waals surface area contributed by atoms with Gasteiger partial charge in [-0.15, -0.1) is 0 Å². The minimum Gasteiger partial charge on any atom is -0.507 e. The molecule has 0 unspecified atom stereocenters. The summed E-state index contributed by atoms with van der Waals surface area (Å²) in [5, 5.41) is 10.3. The molecule has 1 aromatic rings. The van der Waals surface area contributed by atoms with E-state index in [-0.39, 0.29) is 5.41 Å². The molecular formula is C14H23NO. The molecule has 1 N–H and O–H groups in total.